The lowest BCUT2D eigenvalue weighted by atomic mass is 10.2. The number of amides is 2. The van der Waals surface area contributed by atoms with Crippen LogP contribution in [0.4, 0.5) is 11.4 Å². The zero-order chi connectivity index (χ0) is 22.7. The lowest BCUT2D eigenvalue weighted by Gasteiger charge is -2.08. The van der Waals surface area contributed by atoms with Crippen LogP contribution >= 0.6 is 23.4 Å². The van der Waals surface area contributed by atoms with Gasteiger partial charge in [0, 0.05) is 23.3 Å². The van der Waals surface area contributed by atoms with Crippen molar-refractivity contribution in [1.29, 1.82) is 0 Å². The van der Waals surface area contributed by atoms with Gasteiger partial charge in [0.25, 0.3) is 5.56 Å². The van der Waals surface area contributed by atoms with E-state index < -0.39 is 0 Å². The summed E-state index contributed by atoms with van der Waals surface area (Å²) in [6, 6.07) is 13.8. The Labute approximate surface area is 191 Å². The predicted molar refractivity (Wildman–Crippen MR) is 125 cm³/mol. The summed E-state index contributed by atoms with van der Waals surface area (Å²) in [4.78, 5) is 43.1. The number of hydrogen-bond donors (Lipinski definition) is 3. The van der Waals surface area contributed by atoms with E-state index in [0.29, 0.717) is 38.3 Å². The van der Waals surface area contributed by atoms with Crippen LogP contribution < -0.4 is 16.2 Å². The fraction of sp³-hybridized carbons (Fsp3) is 0.0952. The molecule has 0 saturated carbocycles. The third-order valence-corrected chi connectivity index (χ3v) is 5.42. The zero-order valence-electron chi connectivity index (χ0n) is 16.8. The molecule has 0 atom stereocenters. The molecule has 2 aromatic carbocycles. The molecular weight excluding hydrogens is 452 g/mol. The minimum atomic E-state index is -0.346. The number of carbonyl (C=O) groups excluding carboxylic acids is 2. The van der Waals surface area contributed by atoms with E-state index in [1.54, 1.807) is 53.2 Å². The second kappa shape index (κ2) is 9.25. The van der Waals surface area contributed by atoms with Crippen molar-refractivity contribution in [3.8, 4) is 5.69 Å². The van der Waals surface area contributed by atoms with Crippen LogP contribution in [0.25, 0.3) is 16.7 Å². The van der Waals surface area contributed by atoms with Crippen molar-refractivity contribution < 1.29 is 9.59 Å². The van der Waals surface area contributed by atoms with Gasteiger partial charge in [0.1, 0.15) is 5.39 Å². The van der Waals surface area contributed by atoms with Crippen molar-refractivity contribution in [2.75, 3.05) is 16.4 Å². The van der Waals surface area contributed by atoms with Gasteiger partial charge >= 0.3 is 0 Å². The summed E-state index contributed by atoms with van der Waals surface area (Å²) in [7, 11) is 0. The third kappa shape index (κ3) is 4.98. The second-order valence-electron chi connectivity index (χ2n) is 6.74. The van der Waals surface area contributed by atoms with Gasteiger partial charge in [0.05, 0.1) is 17.6 Å². The zero-order valence-corrected chi connectivity index (χ0v) is 18.3. The lowest BCUT2D eigenvalue weighted by molar-refractivity contribution is -0.114. The number of benzene rings is 2. The molecule has 2 amide bonds. The largest absolute Gasteiger partial charge is 0.326 e. The van der Waals surface area contributed by atoms with Crippen LogP contribution in [0, 0.1) is 0 Å². The number of thioether (sulfide) groups is 1. The number of fused-ring (bicyclic) bond motifs is 1. The molecule has 2 heterocycles. The van der Waals surface area contributed by atoms with E-state index in [9.17, 15) is 14.4 Å². The lowest BCUT2D eigenvalue weighted by Crippen LogP contribution is -2.16. The van der Waals surface area contributed by atoms with Crippen molar-refractivity contribution in [3.05, 3.63) is 70.1 Å². The molecule has 0 saturated heterocycles. The smallest absolute Gasteiger partial charge is 0.262 e. The summed E-state index contributed by atoms with van der Waals surface area (Å²) in [5.41, 5.74) is 1.85. The summed E-state index contributed by atoms with van der Waals surface area (Å²) < 4.78 is 1.54. The molecule has 0 radical (unpaired) electrons. The van der Waals surface area contributed by atoms with Crippen molar-refractivity contribution in [2.24, 2.45) is 0 Å². The fourth-order valence-electron chi connectivity index (χ4n) is 2.95. The normalized spacial score (nSPS) is 10.8. The number of H-pyrrole nitrogens is 1. The van der Waals surface area contributed by atoms with Crippen LogP contribution in [0.5, 0.6) is 0 Å². The van der Waals surface area contributed by atoms with Crippen molar-refractivity contribution in [1.82, 2.24) is 19.7 Å². The number of aromatic amines is 1. The maximum absolute atomic E-state index is 12.4. The molecule has 0 aliphatic rings. The standard InChI is InChI=1S/C21H17ClN6O3S/c1-12(29)24-14-3-2-4-15(9-14)25-18(30)11-32-21-26-19-17(20(31)27-21)10-23-28(19)16-7-5-13(22)6-8-16/h2-10H,11H2,1H3,(H,24,29)(H,25,30)(H,26,27,31). The Balaban J connectivity index is 1.49. The highest BCUT2D eigenvalue weighted by Crippen LogP contribution is 2.20. The molecule has 2 aromatic heterocycles. The highest BCUT2D eigenvalue weighted by molar-refractivity contribution is 7.99. The number of rotatable bonds is 6. The minimum Gasteiger partial charge on any atom is -0.326 e. The number of anilines is 2. The van der Waals surface area contributed by atoms with E-state index in [0.717, 1.165) is 11.8 Å². The first kappa shape index (κ1) is 21.6. The van der Waals surface area contributed by atoms with Crippen LogP contribution in [0.1, 0.15) is 6.92 Å². The summed E-state index contributed by atoms with van der Waals surface area (Å²) >= 11 is 7.03. The topological polar surface area (TPSA) is 122 Å². The average molecular weight is 469 g/mol. The first-order chi connectivity index (χ1) is 15.4. The third-order valence-electron chi connectivity index (χ3n) is 4.29. The molecule has 0 aliphatic carbocycles. The average Bonchev–Trinajstić information content (AvgIpc) is 3.17. The van der Waals surface area contributed by atoms with Gasteiger partial charge in [0.2, 0.25) is 11.8 Å². The maximum Gasteiger partial charge on any atom is 0.262 e. The molecule has 4 aromatic rings. The number of halogens is 1. The Hall–Kier alpha value is -3.63. The SMILES string of the molecule is CC(=O)Nc1cccc(NC(=O)CSc2nc3c(cnn3-c3ccc(Cl)cc3)c(=O)[nH]2)c1. The van der Waals surface area contributed by atoms with Gasteiger partial charge in [-0.2, -0.15) is 5.10 Å². The van der Waals surface area contributed by atoms with Gasteiger partial charge in [-0.3, -0.25) is 14.4 Å². The summed E-state index contributed by atoms with van der Waals surface area (Å²) in [6.07, 6.45) is 1.44. The van der Waals surface area contributed by atoms with Crippen LogP contribution in [-0.4, -0.2) is 37.3 Å². The van der Waals surface area contributed by atoms with Gasteiger partial charge in [-0.25, -0.2) is 9.67 Å². The van der Waals surface area contributed by atoms with Crippen LogP contribution in [0.3, 0.4) is 0 Å². The van der Waals surface area contributed by atoms with Crippen LogP contribution in [-0.2, 0) is 9.59 Å². The number of nitrogens with zero attached hydrogens (tertiary/aromatic N) is 3. The Morgan fingerprint density at radius 3 is 2.56 bits per heavy atom. The number of carbonyl (C=O) groups is 2. The molecule has 0 spiro atoms. The van der Waals surface area contributed by atoms with Gasteiger partial charge < -0.3 is 15.6 Å². The quantitative estimate of drug-likeness (QED) is 0.294. The fourth-order valence-corrected chi connectivity index (χ4v) is 3.73. The van der Waals surface area contributed by atoms with Crippen molar-refractivity contribution in [3.63, 3.8) is 0 Å². The van der Waals surface area contributed by atoms with Gasteiger partial charge in [0.15, 0.2) is 10.8 Å². The van der Waals surface area contributed by atoms with Gasteiger partial charge in [-0.15, -0.1) is 0 Å². The van der Waals surface area contributed by atoms with E-state index in [1.807, 2.05) is 0 Å². The Morgan fingerprint density at radius 2 is 1.84 bits per heavy atom. The summed E-state index contributed by atoms with van der Waals surface area (Å²) in [6.45, 7) is 1.41. The molecule has 0 bridgehead atoms. The molecule has 0 aliphatic heterocycles. The molecule has 162 valence electrons. The first-order valence-electron chi connectivity index (χ1n) is 9.43. The second-order valence-corrected chi connectivity index (χ2v) is 8.14. The van der Waals surface area contributed by atoms with Gasteiger partial charge in [-0.05, 0) is 42.5 Å². The van der Waals surface area contributed by atoms with Crippen molar-refractivity contribution >= 4 is 57.6 Å². The van der Waals surface area contributed by atoms with E-state index in [1.165, 1.54) is 13.1 Å². The number of aromatic nitrogens is 4. The number of nitrogens with one attached hydrogen (secondary N) is 3. The maximum atomic E-state index is 12.4. The molecule has 0 unspecified atom stereocenters. The highest BCUT2D eigenvalue weighted by Gasteiger charge is 2.13. The minimum absolute atomic E-state index is 0.0217. The number of hydrogen-bond acceptors (Lipinski definition) is 6. The molecule has 32 heavy (non-hydrogen) atoms. The molecule has 11 heteroatoms. The van der Waals surface area contributed by atoms with E-state index >= 15 is 0 Å². The first-order valence-corrected chi connectivity index (χ1v) is 10.8. The summed E-state index contributed by atoms with van der Waals surface area (Å²) in [5.74, 6) is -0.468. The summed E-state index contributed by atoms with van der Waals surface area (Å²) in [5, 5.41) is 10.9. The van der Waals surface area contributed by atoms with E-state index in [2.05, 4.69) is 25.7 Å². The van der Waals surface area contributed by atoms with Crippen LogP contribution in [0.15, 0.2) is 64.7 Å². The van der Waals surface area contributed by atoms with Crippen molar-refractivity contribution in [2.45, 2.75) is 12.1 Å². The Morgan fingerprint density at radius 1 is 1.12 bits per heavy atom. The van der Waals surface area contributed by atoms with E-state index in [4.69, 9.17) is 11.6 Å². The molecule has 4 rings (SSSR count). The Kier molecular flexibility index (Phi) is 6.24. The highest BCUT2D eigenvalue weighted by atomic mass is 35.5. The molecular formula is C21H17ClN6O3S. The molecule has 0 fully saturated rings. The van der Waals surface area contributed by atoms with Gasteiger partial charge in [-0.1, -0.05) is 29.4 Å². The monoisotopic (exact) mass is 468 g/mol. The predicted octanol–water partition coefficient (Wildman–Crippen LogP) is 3.45. The Bertz CT molecular complexity index is 1370. The van der Waals surface area contributed by atoms with E-state index in [-0.39, 0.29) is 23.1 Å². The molecule has 3 N–H and O–H groups in total. The molecule has 9 nitrogen and oxygen atoms in total. The van der Waals surface area contributed by atoms with Crippen LogP contribution in [0.2, 0.25) is 5.02 Å².